The smallest absolute Gasteiger partial charge is 0.326 e. The molecule has 0 spiro atoms. The predicted molar refractivity (Wildman–Crippen MR) is 90.8 cm³/mol. The van der Waals surface area contributed by atoms with E-state index < -0.39 is 23.0 Å². The van der Waals surface area contributed by atoms with Gasteiger partial charge in [-0.15, -0.1) is 0 Å². The number of aromatic nitrogens is 2. The van der Waals surface area contributed by atoms with E-state index in [1.807, 2.05) is 0 Å². The van der Waals surface area contributed by atoms with Gasteiger partial charge in [0.15, 0.2) is 0 Å². The zero-order valence-electron chi connectivity index (χ0n) is 13.4. The average Bonchev–Trinajstić information content (AvgIpc) is 2.77. The van der Waals surface area contributed by atoms with Crippen molar-refractivity contribution in [1.82, 2.24) is 9.55 Å². The molecular formula is C16H16Cl2N2O4. The minimum absolute atomic E-state index is 0.0211. The van der Waals surface area contributed by atoms with E-state index in [0.717, 1.165) is 4.57 Å². The van der Waals surface area contributed by atoms with Gasteiger partial charge >= 0.3 is 11.7 Å². The number of imidazole rings is 1. The number of rotatable bonds is 4. The van der Waals surface area contributed by atoms with Crippen molar-refractivity contribution in [2.24, 2.45) is 0 Å². The summed E-state index contributed by atoms with van der Waals surface area (Å²) in [5.41, 5.74) is -1.03. The van der Waals surface area contributed by atoms with Crippen molar-refractivity contribution in [3.05, 3.63) is 56.2 Å². The van der Waals surface area contributed by atoms with Crippen molar-refractivity contribution < 1.29 is 14.3 Å². The lowest BCUT2D eigenvalue weighted by atomic mass is 10.1. The molecule has 1 aromatic carbocycles. The molecule has 2 aromatic rings. The average molecular weight is 371 g/mol. The maximum Gasteiger partial charge on any atom is 0.326 e. The molecule has 2 rings (SSSR count). The minimum atomic E-state index is -0.660. The highest BCUT2D eigenvalue weighted by Crippen LogP contribution is 2.22. The number of ether oxygens (including phenoxy) is 1. The third-order valence-electron chi connectivity index (χ3n) is 2.93. The SMILES string of the molecule is CC(C)(C)OC(=O)Cn1cc(C(=O)c2ccc(Cl)cc2Cl)[nH]c1=O. The van der Waals surface area contributed by atoms with E-state index in [1.165, 1.54) is 24.4 Å². The Bertz CT molecular complexity index is 846. The van der Waals surface area contributed by atoms with Gasteiger partial charge in [-0.05, 0) is 39.0 Å². The van der Waals surface area contributed by atoms with Crippen molar-refractivity contribution in [3.8, 4) is 0 Å². The van der Waals surface area contributed by atoms with E-state index in [4.69, 9.17) is 27.9 Å². The van der Waals surface area contributed by atoms with Crippen LogP contribution in [0.15, 0.2) is 29.2 Å². The molecule has 0 saturated heterocycles. The summed E-state index contributed by atoms with van der Waals surface area (Å²) in [7, 11) is 0. The van der Waals surface area contributed by atoms with E-state index in [2.05, 4.69) is 4.98 Å². The number of nitrogens with zero attached hydrogens (tertiary/aromatic N) is 1. The number of hydrogen-bond acceptors (Lipinski definition) is 4. The molecule has 0 aliphatic heterocycles. The van der Waals surface area contributed by atoms with E-state index in [0.29, 0.717) is 5.02 Å². The number of carbonyl (C=O) groups excluding carboxylic acids is 2. The van der Waals surface area contributed by atoms with E-state index in [9.17, 15) is 14.4 Å². The third kappa shape index (κ3) is 4.49. The summed E-state index contributed by atoms with van der Waals surface area (Å²) >= 11 is 11.8. The highest BCUT2D eigenvalue weighted by molar-refractivity contribution is 6.37. The van der Waals surface area contributed by atoms with E-state index in [1.54, 1.807) is 20.8 Å². The van der Waals surface area contributed by atoms with E-state index >= 15 is 0 Å². The summed E-state index contributed by atoms with van der Waals surface area (Å²) in [5.74, 6) is -1.05. The maximum atomic E-state index is 12.4. The Morgan fingerprint density at radius 3 is 2.50 bits per heavy atom. The Morgan fingerprint density at radius 2 is 1.92 bits per heavy atom. The molecular weight excluding hydrogens is 355 g/mol. The first-order chi connectivity index (χ1) is 11.1. The van der Waals surface area contributed by atoms with Crippen molar-refractivity contribution >= 4 is 35.0 Å². The van der Waals surface area contributed by atoms with Crippen LogP contribution in [0.25, 0.3) is 0 Å². The van der Waals surface area contributed by atoms with Crippen LogP contribution >= 0.6 is 23.2 Å². The Morgan fingerprint density at radius 1 is 1.25 bits per heavy atom. The van der Waals surface area contributed by atoms with Gasteiger partial charge in [0.25, 0.3) is 0 Å². The summed E-state index contributed by atoms with van der Waals surface area (Å²) in [4.78, 5) is 38.6. The van der Waals surface area contributed by atoms with Crippen LogP contribution in [0.1, 0.15) is 36.8 Å². The lowest BCUT2D eigenvalue weighted by Gasteiger charge is -2.19. The second-order valence-electron chi connectivity index (χ2n) is 6.14. The van der Waals surface area contributed by atoms with Crippen LogP contribution in [-0.4, -0.2) is 26.9 Å². The Hall–Kier alpha value is -2.05. The first kappa shape index (κ1) is 18.3. The number of esters is 1. The summed E-state index contributed by atoms with van der Waals surface area (Å²) in [6.07, 6.45) is 1.26. The van der Waals surface area contributed by atoms with Gasteiger partial charge in [0.1, 0.15) is 17.8 Å². The number of aromatic amines is 1. The maximum absolute atomic E-state index is 12.4. The van der Waals surface area contributed by atoms with Crippen LogP contribution in [0, 0.1) is 0 Å². The number of hydrogen-bond donors (Lipinski definition) is 1. The number of nitrogens with one attached hydrogen (secondary N) is 1. The molecule has 128 valence electrons. The van der Waals surface area contributed by atoms with Crippen LogP contribution in [0.4, 0.5) is 0 Å². The van der Waals surface area contributed by atoms with Crippen LogP contribution in [0.5, 0.6) is 0 Å². The first-order valence-corrected chi connectivity index (χ1v) is 7.83. The van der Waals surface area contributed by atoms with Gasteiger partial charge < -0.3 is 9.72 Å². The van der Waals surface area contributed by atoms with Gasteiger partial charge in [-0.1, -0.05) is 23.2 Å². The fourth-order valence-corrected chi connectivity index (χ4v) is 2.49. The molecule has 24 heavy (non-hydrogen) atoms. The summed E-state index contributed by atoms with van der Waals surface area (Å²) in [6.45, 7) is 4.88. The molecule has 0 bridgehead atoms. The van der Waals surface area contributed by atoms with Crippen molar-refractivity contribution in [2.45, 2.75) is 32.9 Å². The summed E-state index contributed by atoms with van der Waals surface area (Å²) < 4.78 is 6.22. The third-order valence-corrected chi connectivity index (χ3v) is 3.48. The molecule has 1 heterocycles. The molecule has 6 nitrogen and oxygen atoms in total. The largest absolute Gasteiger partial charge is 0.459 e. The van der Waals surface area contributed by atoms with Crippen LogP contribution in [0.3, 0.4) is 0 Å². The molecule has 0 amide bonds. The lowest BCUT2D eigenvalue weighted by Crippen LogP contribution is -2.29. The minimum Gasteiger partial charge on any atom is -0.459 e. The van der Waals surface area contributed by atoms with Crippen LogP contribution in [0.2, 0.25) is 10.0 Å². The molecule has 0 atom stereocenters. The topological polar surface area (TPSA) is 81.2 Å². The van der Waals surface area contributed by atoms with E-state index in [-0.39, 0.29) is 22.8 Å². The lowest BCUT2D eigenvalue weighted by molar-refractivity contribution is -0.155. The van der Waals surface area contributed by atoms with Crippen molar-refractivity contribution in [2.75, 3.05) is 0 Å². The number of carbonyl (C=O) groups is 2. The normalized spacial score (nSPS) is 11.4. The molecule has 1 N–H and O–H groups in total. The monoisotopic (exact) mass is 370 g/mol. The molecule has 0 aliphatic carbocycles. The Kier molecular flexibility index (Phi) is 5.20. The number of ketones is 1. The Balaban J connectivity index is 2.23. The fourth-order valence-electron chi connectivity index (χ4n) is 2.00. The quantitative estimate of drug-likeness (QED) is 0.662. The molecule has 1 aromatic heterocycles. The molecule has 0 aliphatic rings. The van der Waals surface area contributed by atoms with Gasteiger partial charge in [0.05, 0.1) is 5.02 Å². The van der Waals surface area contributed by atoms with Gasteiger partial charge in [-0.25, -0.2) is 4.79 Å². The highest BCUT2D eigenvalue weighted by atomic mass is 35.5. The summed E-state index contributed by atoms with van der Waals surface area (Å²) in [6, 6.07) is 4.43. The number of benzene rings is 1. The van der Waals surface area contributed by atoms with Gasteiger partial charge in [-0.3, -0.25) is 14.2 Å². The predicted octanol–water partition coefficient (Wildman–Crippen LogP) is 3.06. The van der Waals surface area contributed by atoms with Gasteiger partial charge in [0.2, 0.25) is 5.78 Å². The first-order valence-electron chi connectivity index (χ1n) is 7.08. The van der Waals surface area contributed by atoms with Gasteiger partial charge in [-0.2, -0.15) is 0 Å². The molecule has 8 heteroatoms. The number of halogens is 2. The zero-order chi connectivity index (χ0) is 18.1. The second kappa shape index (κ2) is 6.83. The standard InChI is InChI=1S/C16H16Cl2N2O4/c1-16(2,3)24-13(21)8-20-7-12(19-15(20)23)14(22)10-5-4-9(17)6-11(10)18/h4-7H,8H2,1-3H3,(H,19,23). The zero-order valence-corrected chi connectivity index (χ0v) is 14.9. The Labute approximate surface area is 148 Å². The fraction of sp³-hybridized carbons (Fsp3) is 0.312. The summed E-state index contributed by atoms with van der Waals surface area (Å²) in [5, 5.41) is 0.570. The molecule has 0 fully saturated rings. The molecule has 0 radical (unpaired) electrons. The second-order valence-corrected chi connectivity index (χ2v) is 6.98. The van der Waals surface area contributed by atoms with Crippen molar-refractivity contribution in [3.63, 3.8) is 0 Å². The van der Waals surface area contributed by atoms with Crippen LogP contribution in [-0.2, 0) is 16.1 Å². The van der Waals surface area contributed by atoms with Crippen LogP contribution < -0.4 is 5.69 Å². The molecule has 0 saturated carbocycles. The number of H-pyrrole nitrogens is 1. The molecule has 0 unspecified atom stereocenters. The van der Waals surface area contributed by atoms with Gasteiger partial charge in [0, 0.05) is 16.8 Å². The highest BCUT2D eigenvalue weighted by Gasteiger charge is 2.20. The van der Waals surface area contributed by atoms with Crippen molar-refractivity contribution in [1.29, 1.82) is 0 Å².